The summed E-state index contributed by atoms with van der Waals surface area (Å²) in [5.74, 6) is 0.702. The highest BCUT2D eigenvalue weighted by Gasteiger charge is 2.10. The molecule has 3 aromatic rings. The lowest BCUT2D eigenvalue weighted by atomic mass is 10.2. The van der Waals surface area contributed by atoms with Crippen molar-refractivity contribution in [2.75, 3.05) is 0 Å². The van der Waals surface area contributed by atoms with Crippen molar-refractivity contribution in [2.24, 2.45) is 0 Å². The van der Waals surface area contributed by atoms with Crippen LogP contribution in [0.2, 0.25) is 5.02 Å². The normalized spacial score (nSPS) is 11.1. The van der Waals surface area contributed by atoms with Gasteiger partial charge in [0.15, 0.2) is 5.16 Å². The molecule has 1 N–H and O–H groups in total. The Kier molecular flexibility index (Phi) is 6.34. The summed E-state index contributed by atoms with van der Waals surface area (Å²) in [7, 11) is 0. The maximum atomic E-state index is 11.8. The molecule has 1 aromatic carbocycles. The molecule has 0 saturated heterocycles. The van der Waals surface area contributed by atoms with Gasteiger partial charge in [-0.3, -0.25) is 4.57 Å². The van der Waals surface area contributed by atoms with E-state index in [0.717, 1.165) is 40.1 Å². The summed E-state index contributed by atoms with van der Waals surface area (Å²) >= 11 is 9.11. The molecule has 8 heteroatoms. The van der Waals surface area contributed by atoms with E-state index in [9.17, 15) is 4.79 Å². The summed E-state index contributed by atoms with van der Waals surface area (Å²) in [5.41, 5.74) is 2.06. The van der Waals surface area contributed by atoms with Gasteiger partial charge in [-0.05, 0) is 24.1 Å². The van der Waals surface area contributed by atoms with E-state index >= 15 is 0 Å². The number of hydrogen-bond donors (Lipinski definition) is 1. The van der Waals surface area contributed by atoms with Crippen LogP contribution in [0.1, 0.15) is 36.0 Å². The van der Waals surface area contributed by atoms with Gasteiger partial charge in [0.1, 0.15) is 0 Å². The minimum Gasteiger partial charge on any atom is -0.270 e. The number of nitrogens with zero attached hydrogens (tertiary/aromatic N) is 3. The molecule has 25 heavy (non-hydrogen) atoms. The van der Waals surface area contributed by atoms with Gasteiger partial charge in [0.25, 0.3) is 0 Å². The SMILES string of the molecule is CCCCn1c(SCc2csc(Cc3ccc(Cl)cc3)n2)n[nH]c1=O. The van der Waals surface area contributed by atoms with Crippen molar-refractivity contribution in [2.45, 2.75) is 43.6 Å². The molecule has 0 spiro atoms. The standard InChI is InChI=1S/C17H19ClN4OS2/c1-2-3-8-22-16(23)20-21-17(22)25-11-14-10-24-15(19-14)9-12-4-6-13(18)7-5-12/h4-7,10H,2-3,8-9,11H2,1H3,(H,20,23). The minimum absolute atomic E-state index is 0.141. The predicted molar refractivity (Wildman–Crippen MR) is 104 cm³/mol. The van der Waals surface area contributed by atoms with E-state index in [4.69, 9.17) is 11.6 Å². The molecule has 0 aliphatic heterocycles. The number of unbranched alkanes of at least 4 members (excludes halogenated alkanes) is 1. The number of benzene rings is 1. The Morgan fingerprint density at radius 3 is 2.88 bits per heavy atom. The van der Waals surface area contributed by atoms with Crippen molar-refractivity contribution in [3.05, 3.63) is 61.4 Å². The molecule has 2 aromatic heterocycles. The maximum absolute atomic E-state index is 11.8. The van der Waals surface area contributed by atoms with E-state index in [1.54, 1.807) is 27.7 Å². The molecule has 132 valence electrons. The van der Waals surface area contributed by atoms with Crippen LogP contribution in [-0.4, -0.2) is 19.7 Å². The van der Waals surface area contributed by atoms with Crippen molar-refractivity contribution in [1.82, 2.24) is 19.7 Å². The van der Waals surface area contributed by atoms with E-state index in [1.165, 1.54) is 5.56 Å². The highest BCUT2D eigenvalue weighted by atomic mass is 35.5. The molecule has 0 fully saturated rings. The summed E-state index contributed by atoms with van der Waals surface area (Å²) in [5, 5.41) is 11.3. The van der Waals surface area contributed by atoms with E-state index in [2.05, 4.69) is 27.5 Å². The zero-order valence-electron chi connectivity index (χ0n) is 13.9. The summed E-state index contributed by atoms with van der Waals surface area (Å²) < 4.78 is 1.70. The number of aromatic amines is 1. The third kappa shape index (κ3) is 4.96. The number of rotatable bonds is 8. The van der Waals surface area contributed by atoms with Crippen LogP contribution in [0.4, 0.5) is 0 Å². The fourth-order valence-corrected chi connectivity index (χ4v) is 4.26. The number of H-pyrrole nitrogens is 1. The molecule has 0 radical (unpaired) electrons. The van der Waals surface area contributed by atoms with Gasteiger partial charge in [-0.1, -0.05) is 48.8 Å². The fraction of sp³-hybridized carbons (Fsp3) is 0.353. The second-order valence-electron chi connectivity index (χ2n) is 5.64. The first kappa shape index (κ1) is 18.2. The molecule has 5 nitrogen and oxygen atoms in total. The quantitative estimate of drug-likeness (QED) is 0.576. The van der Waals surface area contributed by atoms with Crippen LogP contribution in [0.25, 0.3) is 0 Å². The van der Waals surface area contributed by atoms with E-state index in [0.29, 0.717) is 12.3 Å². The summed E-state index contributed by atoms with van der Waals surface area (Å²) in [6, 6.07) is 7.84. The Morgan fingerprint density at radius 2 is 2.12 bits per heavy atom. The topological polar surface area (TPSA) is 63.6 Å². The Morgan fingerprint density at radius 1 is 1.32 bits per heavy atom. The van der Waals surface area contributed by atoms with Crippen molar-refractivity contribution in [1.29, 1.82) is 0 Å². The lowest BCUT2D eigenvalue weighted by Crippen LogP contribution is -2.17. The zero-order valence-corrected chi connectivity index (χ0v) is 16.3. The highest BCUT2D eigenvalue weighted by Crippen LogP contribution is 2.23. The molecule has 0 unspecified atom stereocenters. The van der Waals surface area contributed by atoms with Gasteiger partial charge in [0, 0.05) is 29.1 Å². The van der Waals surface area contributed by atoms with Crippen LogP contribution in [0.5, 0.6) is 0 Å². The number of thioether (sulfide) groups is 1. The Labute approximate surface area is 159 Å². The third-order valence-corrected chi connectivity index (χ3v) is 5.84. The molecule has 3 rings (SSSR count). The maximum Gasteiger partial charge on any atom is 0.343 e. The first-order valence-electron chi connectivity index (χ1n) is 8.11. The number of hydrogen-bond acceptors (Lipinski definition) is 5. The van der Waals surface area contributed by atoms with Crippen LogP contribution in [-0.2, 0) is 18.7 Å². The van der Waals surface area contributed by atoms with Gasteiger partial charge in [0.05, 0.1) is 10.7 Å². The van der Waals surface area contributed by atoms with E-state index < -0.39 is 0 Å². The van der Waals surface area contributed by atoms with Gasteiger partial charge in [-0.25, -0.2) is 14.9 Å². The van der Waals surface area contributed by atoms with Crippen molar-refractivity contribution in [3.8, 4) is 0 Å². The molecular formula is C17H19ClN4OS2. The highest BCUT2D eigenvalue weighted by molar-refractivity contribution is 7.98. The largest absolute Gasteiger partial charge is 0.343 e. The van der Waals surface area contributed by atoms with Gasteiger partial charge in [-0.2, -0.15) is 0 Å². The monoisotopic (exact) mass is 394 g/mol. The molecule has 0 bridgehead atoms. The first-order valence-corrected chi connectivity index (χ1v) is 10.4. The first-order chi connectivity index (χ1) is 12.2. The number of nitrogens with one attached hydrogen (secondary N) is 1. The van der Waals surface area contributed by atoms with Crippen molar-refractivity contribution in [3.63, 3.8) is 0 Å². The molecule has 0 aliphatic carbocycles. The molecule has 0 saturated carbocycles. The van der Waals surface area contributed by atoms with E-state index in [-0.39, 0.29) is 5.69 Å². The fourth-order valence-electron chi connectivity index (χ4n) is 2.34. The zero-order chi connectivity index (χ0) is 17.6. The predicted octanol–water partition coefficient (Wildman–Crippen LogP) is 4.36. The van der Waals surface area contributed by atoms with Crippen LogP contribution in [0.3, 0.4) is 0 Å². The lowest BCUT2D eigenvalue weighted by molar-refractivity contribution is 0.573. The lowest BCUT2D eigenvalue weighted by Gasteiger charge is -2.03. The van der Waals surface area contributed by atoms with Gasteiger partial charge < -0.3 is 0 Å². The van der Waals surface area contributed by atoms with Crippen molar-refractivity contribution < 1.29 is 0 Å². The Bertz CT molecular complexity index is 869. The van der Waals surface area contributed by atoms with Crippen LogP contribution in [0.15, 0.2) is 39.6 Å². The van der Waals surface area contributed by atoms with Crippen LogP contribution < -0.4 is 5.69 Å². The summed E-state index contributed by atoms with van der Waals surface area (Å²) in [6.07, 6.45) is 2.81. The Balaban J connectivity index is 1.60. The van der Waals surface area contributed by atoms with Gasteiger partial charge in [-0.15, -0.1) is 16.4 Å². The average Bonchev–Trinajstić information content (AvgIpc) is 3.20. The summed E-state index contributed by atoms with van der Waals surface area (Å²) in [6.45, 7) is 2.81. The smallest absolute Gasteiger partial charge is 0.270 e. The molecule has 0 amide bonds. The minimum atomic E-state index is -0.141. The van der Waals surface area contributed by atoms with Crippen LogP contribution in [0, 0.1) is 0 Å². The van der Waals surface area contributed by atoms with Crippen molar-refractivity contribution >= 4 is 34.7 Å². The second-order valence-corrected chi connectivity index (χ2v) is 7.96. The average molecular weight is 395 g/mol. The van der Waals surface area contributed by atoms with Gasteiger partial charge in [0.2, 0.25) is 0 Å². The molecular weight excluding hydrogens is 376 g/mol. The number of aromatic nitrogens is 4. The van der Waals surface area contributed by atoms with Gasteiger partial charge >= 0.3 is 5.69 Å². The number of halogens is 1. The summed E-state index contributed by atoms with van der Waals surface area (Å²) in [4.78, 5) is 16.5. The number of thiazole rings is 1. The second kappa shape index (κ2) is 8.69. The third-order valence-electron chi connectivity index (χ3n) is 3.68. The van der Waals surface area contributed by atoms with E-state index in [1.807, 2.05) is 24.3 Å². The molecule has 0 atom stereocenters. The van der Waals surface area contributed by atoms with Crippen LogP contribution >= 0.6 is 34.7 Å². The molecule has 0 aliphatic rings. The molecule has 2 heterocycles. The Hall–Kier alpha value is -1.57.